The van der Waals surface area contributed by atoms with Crippen molar-refractivity contribution in [2.24, 2.45) is 11.8 Å². The van der Waals surface area contributed by atoms with E-state index in [4.69, 9.17) is 4.74 Å². The van der Waals surface area contributed by atoms with Crippen molar-refractivity contribution >= 4 is 0 Å². The molecule has 0 aromatic rings. The lowest BCUT2D eigenvalue weighted by molar-refractivity contribution is 0.0271. The quantitative estimate of drug-likeness (QED) is 0.718. The summed E-state index contributed by atoms with van der Waals surface area (Å²) in [4.78, 5) is 2.46. The number of hydrogen-bond acceptors (Lipinski definition) is 3. The number of likely N-dealkylation sites (N-methyl/N-ethyl adjacent to an activating group) is 1. The highest BCUT2D eigenvalue weighted by Crippen LogP contribution is 2.30. The summed E-state index contributed by atoms with van der Waals surface area (Å²) in [6.45, 7) is 9.02. The van der Waals surface area contributed by atoms with Gasteiger partial charge in [-0.1, -0.05) is 13.8 Å². The molecular formula is C15H30N2O. The summed E-state index contributed by atoms with van der Waals surface area (Å²) in [6.07, 6.45) is 6.27. The molecule has 1 saturated carbocycles. The Hall–Kier alpha value is -0.120. The summed E-state index contributed by atoms with van der Waals surface area (Å²) in [5.41, 5.74) is 0. The first-order valence-electron chi connectivity index (χ1n) is 7.68. The fourth-order valence-electron chi connectivity index (χ4n) is 2.76. The molecule has 2 unspecified atom stereocenters. The Morgan fingerprint density at radius 2 is 1.83 bits per heavy atom. The van der Waals surface area contributed by atoms with Crippen LogP contribution in [-0.4, -0.2) is 50.3 Å². The Balaban J connectivity index is 1.55. The summed E-state index contributed by atoms with van der Waals surface area (Å²) < 4.78 is 6.11. The van der Waals surface area contributed by atoms with E-state index in [0.29, 0.717) is 12.2 Å². The standard InChI is InChI=1S/C15H30N2O/c1-12(2)8-16-9-14-6-7-15(18-14)11-17(3)10-13-4-5-13/h12-16H,4-11H2,1-3H3. The van der Waals surface area contributed by atoms with E-state index in [-0.39, 0.29) is 0 Å². The van der Waals surface area contributed by atoms with Gasteiger partial charge in [0.15, 0.2) is 0 Å². The Bertz CT molecular complexity index is 241. The largest absolute Gasteiger partial charge is 0.372 e. The lowest BCUT2D eigenvalue weighted by atomic mass is 10.1. The summed E-state index contributed by atoms with van der Waals surface area (Å²) in [5.74, 6) is 1.71. The predicted octanol–water partition coefficient (Wildman–Crippen LogP) is 2.12. The molecule has 2 atom stereocenters. The molecule has 3 nitrogen and oxygen atoms in total. The number of ether oxygens (including phenoxy) is 1. The van der Waals surface area contributed by atoms with Crippen LogP contribution in [0.3, 0.4) is 0 Å². The van der Waals surface area contributed by atoms with E-state index in [9.17, 15) is 0 Å². The van der Waals surface area contributed by atoms with Crippen LogP contribution in [-0.2, 0) is 4.74 Å². The van der Waals surface area contributed by atoms with Crippen molar-refractivity contribution in [2.45, 2.75) is 51.7 Å². The lowest BCUT2D eigenvalue weighted by Gasteiger charge is -2.21. The number of rotatable bonds is 8. The predicted molar refractivity (Wildman–Crippen MR) is 75.8 cm³/mol. The van der Waals surface area contributed by atoms with E-state index in [1.54, 1.807) is 0 Å². The third kappa shape index (κ3) is 5.25. The van der Waals surface area contributed by atoms with Gasteiger partial charge < -0.3 is 15.0 Å². The second-order valence-corrected chi connectivity index (χ2v) is 6.67. The first-order chi connectivity index (χ1) is 8.63. The van der Waals surface area contributed by atoms with Gasteiger partial charge in [-0.05, 0) is 51.1 Å². The van der Waals surface area contributed by atoms with Crippen LogP contribution in [0, 0.1) is 11.8 Å². The zero-order valence-corrected chi connectivity index (χ0v) is 12.3. The molecule has 0 aromatic carbocycles. The normalized spacial score (nSPS) is 28.5. The van der Waals surface area contributed by atoms with Gasteiger partial charge in [-0.25, -0.2) is 0 Å². The van der Waals surface area contributed by atoms with Gasteiger partial charge in [-0.2, -0.15) is 0 Å². The molecular weight excluding hydrogens is 224 g/mol. The zero-order valence-electron chi connectivity index (χ0n) is 12.3. The molecule has 0 amide bonds. The molecule has 106 valence electrons. The molecule has 3 heteroatoms. The fraction of sp³-hybridized carbons (Fsp3) is 1.00. The molecule has 2 fully saturated rings. The van der Waals surface area contributed by atoms with E-state index in [1.165, 1.54) is 32.2 Å². The Kier molecular flexibility index (Phi) is 5.46. The van der Waals surface area contributed by atoms with E-state index in [0.717, 1.165) is 31.5 Å². The highest BCUT2D eigenvalue weighted by molar-refractivity contribution is 4.80. The topological polar surface area (TPSA) is 24.5 Å². The summed E-state index contributed by atoms with van der Waals surface area (Å²) >= 11 is 0. The molecule has 1 aliphatic heterocycles. The third-order valence-corrected chi connectivity index (χ3v) is 3.90. The molecule has 1 aliphatic carbocycles. The molecule has 0 aromatic heterocycles. The smallest absolute Gasteiger partial charge is 0.0707 e. The van der Waals surface area contributed by atoms with E-state index >= 15 is 0 Å². The first kappa shape index (κ1) is 14.3. The molecule has 2 aliphatic rings. The van der Waals surface area contributed by atoms with Crippen molar-refractivity contribution in [1.82, 2.24) is 10.2 Å². The fourth-order valence-corrected chi connectivity index (χ4v) is 2.76. The summed E-state index contributed by atoms with van der Waals surface area (Å²) in [7, 11) is 2.24. The maximum Gasteiger partial charge on any atom is 0.0707 e. The molecule has 1 saturated heterocycles. The molecule has 1 heterocycles. The highest BCUT2D eigenvalue weighted by Gasteiger charge is 2.28. The van der Waals surface area contributed by atoms with E-state index in [2.05, 4.69) is 31.1 Å². The van der Waals surface area contributed by atoms with Crippen LogP contribution in [0.5, 0.6) is 0 Å². The van der Waals surface area contributed by atoms with Crippen LogP contribution in [0.25, 0.3) is 0 Å². The van der Waals surface area contributed by atoms with Crippen molar-refractivity contribution in [2.75, 3.05) is 33.2 Å². The van der Waals surface area contributed by atoms with Crippen LogP contribution in [0.15, 0.2) is 0 Å². The lowest BCUT2D eigenvalue weighted by Crippen LogP contribution is -2.33. The Labute approximate surface area is 112 Å². The molecule has 1 N–H and O–H groups in total. The minimum atomic E-state index is 0.447. The average molecular weight is 254 g/mol. The van der Waals surface area contributed by atoms with Gasteiger partial charge in [0.25, 0.3) is 0 Å². The monoisotopic (exact) mass is 254 g/mol. The molecule has 0 spiro atoms. The first-order valence-corrected chi connectivity index (χ1v) is 7.68. The minimum Gasteiger partial charge on any atom is -0.372 e. The summed E-state index contributed by atoms with van der Waals surface area (Å²) in [6, 6.07) is 0. The minimum absolute atomic E-state index is 0.447. The number of nitrogens with zero attached hydrogens (tertiary/aromatic N) is 1. The summed E-state index contributed by atoms with van der Waals surface area (Å²) in [5, 5.41) is 3.50. The van der Waals surface area contributed by atoms with Crippen LogP contribution < -0.4 is 5.32 Å². The van der Waals surface area contributed by atoms with Gasteiger partial charge in [-0.15, -0.1) is 0 Å². The maximum absolute atomic E-state index is 6.11. The Morgan fingerprint density at radius 1 is 1.11 bits per heavy atom. The zero-order chi connectivity index (χ0) is 13.0. The van der Waals surface area contributed by atoms with Crippen molar-refractivity contribution < 1.29 is 4.74 Å². The molecule has 18 heavy (non-hydrogen) atoms. The van der Waals surface area contributed by atoms with E-state index < -0.39 is 0 Å². The van der Waals surface area contributed by atoms with Crippen molar-refractivity contribution in [3.8, 4) is 0 Å². The number of hydrogen-bond donors (Lipinski definition) is 1. The van der Waals surface area contributed by atoms with Crippen molar-refractivity contribution in [3.63, 3.8) is 0 Å². The molecule has 0 radical (unpaired) electrons. The maximum atomic E-state index is 6.11. The number of nitrogens with one attached hydrogen (secondary N) is 1. The van der Waals surface area contributed by atoms with Gasteiger partial charge in [0, 0.05) is 19.6 Å². The van der Waals surface area contributed by atoms with Crippen LogP contribution >= 0.6 is 0 Å². The van der Waals surface area contributed by atoms with Crippen molar-refractivity contribution in [3.05, 3.63) is 0 Å². The van der Waals surface area contributed by atoms with Crippen LogP contribution in [0.2, 0.25) is 0 Å². The van der Waals surface area contributed by atoms with Gasteiger partial charge >= 0.3 is 0 Å². The second-order valence-electron chi connectivity index (χ2n) is 6.67. The second kappa shape index (κ2) is 6.88. The average Bonchev–Trinajstić information content (AvgIpc) is 2.98. The highest BCUT2D eigenvalue weighted by atomic mass is 16.5. The third-order valence-electron chi connectivity index (χ3n) is 3.90. The van der Waals surface area contributed by atoms with Gasteiger partial charge in [-0.3, -0.25) is 0 Å². The van der Waals surface area contributed by atoms with Crippen molar-refractivity contribution in [1.29, 1.82) is 0 Å². The SMILES string of the molecule is CC(C)CNCC1CCC(CN(C)CC2CC2)O1. The van der Waals surface area contributed by atoms with Gasteiger partial charge in [0.05, 0.1) is 12.2 Å². The van der Waals surface area contributed by atoms with Gasteiger partial charge in [0.1, 0.15) is 0 Å². The van der Waals surface area contributed by atoms with Gasteiger partial charge in [0.2, 0.25) is 0 Å². The Morgan fingerprint density at radius 3 is 2.50 bits per heavy atom. The molecule has 0 bridgehead atoms. The van der Waals surface area contributed by atoms with Crippen LogP contribution in [0.4, 0.5) is 0 Å². The van der Waals surface area contributed by atoms with E-state index in [1.807, 2.05) is 0 Å². The molecule has 2 rings (SSSR count). The van der Waals surface area contributed by atoms with Crippen LogP contribution in [0.1, 0.15) is 39.5 Å².